The minimum Gasteiger partial charge on any atom is -0.490 e. The molecule has 0 bridgehead atoms. The summed E-state index contributed by atoms with van der Waals surface area (Å²) in [6, 6.07) is 12.1. The van der Waals surface area contributed by atoms with Crippen LogP contribution in [-0.2, 0) is 9.47 Å². The van der Waals surface area contributed by atoms with Crippen LogP contribution in [0.1, 0.15) is 70.3 Å². The van der Waals surface area contributed by atoms with Gasteiger partial charge in [-0.1, -0.05) is 75.9 Å². The summed E-state index contributed by atoms with van der Waals surface area (Å²) in [6.45, 7) is 4.88. The molecule has 0 unspecified atom stereocenters. The molecule has 0 aliphatic carbocycles. The van der Waals surface area contributed by atoms with Crippen LogP contribution in [0.4, 0.5) is 17.6 Å². The molecule has 4 rings (SSSR count). The van der Waals surface area contributed by atoms with Crippen molar-refractivity contribution in [1.82, 2.24) is 0 Å². The van der Waals surface area contributed by atoms with Gasteiger partial charge < -0.3 is 14.2 Å². The summed E-state index contributed by atoms with van der Waals surface area (Å²) in [5.41, 5.74) is 1.19. The van der Waals surface area contributed by atoms with Crippen LogP contribution in [0.15, 0.2) is 48.5 Å². The molecule has 1 fully saturated rings. The molecule has 1 aliphatic heterocycles. The van der Waals surface area contributed by atoms with E-state index in [-0.39, 0.29) is 48.6 Å². The molecule has 0 amide bonds. The third kappa shape index (κ3) is 7.00. The molecule has 1 heterocycles. The Morgan fingerprint density at radius 2 is 1.26 bits per heavy atom. The van der Waals surface area contributed by atoms with Gasteiger partial charge in [0.1, 0.15) is 0 Å². The van der Waals surface area contributed by atoms with E-state index in [0.29, 0.717) is 17.5 Å². The predicted octanol–water partition coefficient (Wildman–Crippen LogP) is 9.18. The Morgan fingerprint density at radius 1 is 0.667 bits per heavy atom. The van der Waals surface area contributed by atoms with E-state index < -0.39 is 29.2 Å². The molecule has 210 valence electrons. The summed E-state index contributed by atoms with van der Waals surface area (Å²) in [5, 5.41) is 0. The Morgan fingerprint density at radius 3 is 1.87 bits per heavy atom. The van der Waals surface area contributed by atoms with Gasteiger partial charge in [-0.2, -0.15) is 4.39 Å². The SMILES string of the molecule is CCCCCCCC1OCC(c2ccc(-c3ccc(-c4ccc(OCCC)c(F)c4F)cc3)c(F)c2F)CO1. The Kier molecular flexibility index (Phi) is 10.4. The molecule has 3 aromatic carbocycles. The van der Waals surface area contributed by atoms with E-state index in [9.17, 15) is 8.78 Å². The van der Waals surface area contributed by atoms with Crippen molar-refractivity contribution in [2.24, 2.45) is 0 Å². The highest BCUT2D eigenvalue weighted by Crippen LogP contribution is 2.34. The Bertz CT molecular complexity index is 1220. The fourth-order valence-electron chi connectivity index (χ4n) is 4.81. The van der Waals surface area contributed by atoms with Crippen molar-refractivity contribution in [3.63, 3.8) is 0 Å². The lowest BCUT2D eigenvalue weighted by Gasteiger charge is -2.30. The molecule has 1 saturated heterocycles. The van der Waals surface area contributed by atoms with Gasteiger partial charge in [-0.25, -0.2) is 13.2 Å². The van der Waals surface area contributed by atoms with Gasteiger partial charge in [-0.3, -0.25) is 0 Å². The highest BCUT2D eigenvalue weighted by Gasteiger charge is 2.27. The lowest BCUT2D eigenvalue weighted by Crippen LogP contribution is -2.31. The van der Waals surface area contributed by atoms with Gasteiger partial charge in [0.2, 0.25) is 5.82 Å². The molecular formula is C32H36F4O3. The summed E-state index contributed by atoms with van der Waals surface area (Å²) >= 11 is 0. The monoisotopic (exact) mass is 544 g/mol. The maximum absolute atomic E-state index is 15.2. The van der Waals surface area contributed by atoms with Crippen molar-refractivity contribution in [1.29, 1.82) is 0 Å². The lowest BCUT2D eigenvalue weighted by molar-refractivity contribution is -0.190. The van der Waals surface area contributed by atoms with Crippen LogP contribution in [0.5, 0.6) is 5.75 Å². The number of hydrogen-bond donors (Lipinski definition) is 0. The van der Waals surface area contributed by atoms with Crippen LogP contribution in [0.25, 0.3) is 22.3 Å². The first kappa shape index (κ1) is 29.1. The Balaban J connectivity index is 1.42. The molecular weight excluding hydrogens is 508 g/mol. The molecule has 0 radical (unpaired) electrons. The number of rotatable bonds is 12. The fourth-order valence-corrected chi connectivity index (χ4v) is 4.81. The van der Waals surface area contributed by atoms with Gasteiger partial charge in [-0.15, -0.1) is 0 Å². The molecule has 7 heteroatoms. The van der Waals surface area contributed by atoms with E-state index in [1.165, 1.54) is 37.5 Å². The smallest absolute Gasteiger partial charge is 0.201 e. The minimum absolute atomic E-state index is 0.0569. The fraction of sp³-hybridized carbons (Fsp3) is 0.438. The maximum Gasteiger partial charge on any atom is 0.201 e. The third-order valence-electron chi connectivity index (χ3n) is 7.08. The average molecular weight is 545 g/mol. The van der Waals surface area contributed by atoms with Gasteiger partial charge in [0.15, 0.2) is 29.5 Å². The highest BCUT2D eigenvalue weighted by molar-refractivity contribution is 5.72. The second-order valence-electron chi connectivity index (χ2n) is 9.99. The zero-order valence-electron chi connectivity index (χ0n) is 22.6. The van der Waals surface area contributed by atoms with Crippen molar-refractivity contribution >= 4 is 0 Å². The van der Waals surface area contributed by atoms with E-state index in [0.717, 1.165) is 19.3 Å². The van der Waals surface area contributed by atoms with E-state index in [4.69, 9.17) is 14.2 Å². The molecule has 39 heavy (non-hydrogen) atoms. The zero-order valence-corrected chi connectivity index (χ0v) is 22.6. The quantitative estimate of drug-likeness (QED) is 0.168. The standard InChI is InChI=1S/C32H36F4O3/c1-3-5-6-7-8-9-28-38-19-23(20-39-28)26-15-14-24(29(33)30(26)34)21-10-12-22(13-11-21)25-16-17-27(37-18-4-2)32(36)31(25)35/h10-17,23,28H,3-9,18-20H2,1-2H3. The highest BCUT2D eigenvalue weighted by atomic mass is 19.2. The number of benzene rings is 3. The van der Waals surface area contributed by atoms with Crippen molar-refractivity contribution in [3.05, 3.63) is 77.4 Å². The summed E-state index contributed by atoms with van der Waals surface area (Å²) in [4.78, 5) is 0. The van der Waals surface area contributed by atoms with Crippen LogP contribution in [0.3, 0.4) is 0 Å². The summed E-state index contributed by atoms with van der Waals surface area (Å²) < 4.78 is 76.2. The topological polar surface area (TPSA) is 27.7 Å². The molecule has 0 saturated carbocycles. The van der Waals surface area contributed by atoms with Gasteiger partial charge in [0.25, 0.3) is 0 Å². The van der Waals surface area contributed by atoms with Crippen LogP contribution >= 0.6 is 0 Å². The van der Waals surface area contributed by atoms with Crippen molar-refractivity contribution < 1.29 is 31.8 Å². The molecule has 1 aliphatic rings. The zero-order chi connectivity index (χ0) is 27.8. The number of halogens is 4. The molecule has 3 aromatic rings. The first-order valence-electron chi connectivity index (χ1n) is 13.9. The van der Waals surface area contributed by atoms with E-state index in [1.807, 2.05) is 6.92 Å². The van der Waals surface area contributed by atoms with Crippen LogP contribution in [0.2, 0.25) is 0 Å². The molecule has 0 aromatic heterocycles. The first-order valence-corrected chi connectivity index (χ1v) is 13.9. The second kappa shape index (κ2) is 13.9. The normalized spacial score (nSPS) is 17.4. The van der Waals surface area contributed by atoms with Crippen molar-refractivity contribution in [2.75, 3.05) is 19.8 Å². The van der Waals surface area contributed by atoms with Gasteiger partial charge in [-0.05, 0) is 48.1 Å². The number of ether oxygens (including phenoxy) is 3. The average Bonchev–Trinajstić information content (AvgIpc) is 2.96. The van der Waals surface area contributed by atoms with Gasteiger partial charge in [0.05, 0.1) is 19.8 Å². The van der Waals surface area contributed by atoms with E-state index in [2.05, 4.69) is 6.92 Å². The minimum atomic E-state index is -1.05. The molecule has 0 spiro atoms. The van der Waals surface area contributed by atoms with E-state index >= 15 is 8.78 Å². The summed E-state index contributed by atoms with van der Waals surface area (Å²) in [7, 11) is 0. The maximum atomic E-state index is 15.2. The van der Waals surface area contributed by atoms with Crippen molar-refractivity contribution in [2.45, 2.75) is 71.0 Å². The van der Waals surface area contributed by atoms with Crippen LogP contribution in [-0.4, -0.2) is 26.1 Å². The largest absolute Gasteiger partial charge is 0.490 e. The van der Waals surface area contributed by atoms with Crippen LogP contribution in [0, 0.1) is 23.3 Å². The summed E-state index contributed by atoms with van der Waals surface area (Å²) in [5.74, 6) is -4.50. The number of unbranched alkanes of at least 4 members (excludes halogenated alkanes) is 4. The van der Waals surface area contributed by atoms with E-state index in [1.54, 1.807) is 30.3 Å². The Labute approximate surface area is 228 Å². The summed E-state index contributed by atoms with van der Waals surface area (Å²) in [6.07, 6.45) is 6.94. The molecule has 3 nitrogen and oxygen atoms in total. The second-order valence-corrected chi connectivity index (χ2v) is 9.99. The first-order chi connectivity index (χ1) is 18.9. The Hall–Kier alpha value is -2.90. The van der Waals surface area contributed by atoms with Gasteiger partial charge >= 0.3 is 0 Å². The third-order valence-corrected chi connectivity index (χ3v) is 7.08. The molecule has 0 N–H and O–H groups in total. The predicted molar refractivity (Wildman–Crippen MR) is 145 cm³/mol. The molecule has 0 atom stereocenters. The van der Waals surface area contributed by atoms with Crippen LogP contribution < -0.4 is 4.74 Å². The van der Waals surface area contributed by atoms with Crippen molar-refractivity contribution in [3.8, 4) is 28.0 Å². The number of hydrogen-bond acceptors (Lipinski definition) is 3. The lowest BCUT2D eigenvalue weighted by atomic mass is 9.94. The van der Waals surface area contributed by atoms with Gasteiger partial charge in [0, 0.05) is 17.0 Å².